The SMILES string of the molecule is CNCc1ccccc1.O=NO. The van der Waals surface area contributed by atoms with Crippen molar-refractivity contribution in [1.29, 1.82) is 0 Å². The van der Waals surface area contributed by atoms with Gasteiger partial charge >= 0.3 is 0 Å². The van der Waals surface area contributed by atoms with Gasteiger partial charge in [0.25, 0.3) is 0 Å². The summed E-state index contributed by atoms with van der Waals surface area (Å²) >= 11 is 0. The van der Waals surface area contributed by atoms with Gasteiger partial charge in [0.1, 0.15) is 0 Å². The lowest BCUT2D eigenvalue weighted by molar-refractivity contribution is 0.312. The summed E-state index contributed by atoms with van der Waals surface area (Å²) in [5.74, 6) is 0. The summed E-state index contributed by atoms with van der Waals surface area (Å²) in [4.78, 5) is 8.11. The number of nitrogens with one attached hydrogen (secondary N) is 1. The van der Waals surface area contributed by atoms with Gasteiger partial charge in [-0.25, -0.2) is 0 Å². The molecule has 12 heavy (non-hydrogen) atoms. The van der Waals surface area contributed by atoms with E-state index in [1.165, 1.54) is 10.9 Å². The van der Waals surface area contributed by atoms with E-state index < -0.39 is 0 Å². The minimum absolute atomic E-state index is 0.959. The van der Waals surface area contributed by atoms with Crippen molar-refractivity contribution < 1.29 is 5.21 Å². The molecule has 4 heteroatoms. The molecule has 0 saturated carbocycles. The van der Waals surface area contributed by atoms with Crippen molar-refractivity contribution in [2.75, 3.05) is 7.05 Å². The van der Waals surface area contributed by atoms with Gasteiger partial charge in [0.2, 0.25) is 0 Å². The van der Waals surface area contributed by atoms with Crippen molar-refractivity contribution in [1.82, 2.24) is 5.32 Å². The summed E-state index contributed by atoms with van der Waals surface area (Å²) in [6.07, 6.45) is 0. The van der Waals surface area contributed by atoms with Crippen molar-refractivity contribution in [3.63, 3.8) is 0 Å². The number of hydrogen-bond donors (Lipinski definition) is 2. The molecule has 1 aromatic rings. The smallest absolute Gasteiger partial charge is 0.152 e. The van der Waals surface area contributed by atoms with Crippen LogP contribution in [-0.2, 0) is 6.54 Å². The van der Waals surface area contributed by atoms with E-state index in [0.29, 0.717) is 0 Å². The second kappa shape index (κ2) is 7.68. The second-order valence-electron chi connectivity index (χ2n) is 2.10. The summed E-state index contributed by atoms with van der Waals surface area (Å²) in [7, 11) is 1.95. The first-order chi connectivity index (χ1) is 5.85. The maximum Gasteiger partial charge on any atom is 0.152 e. The molecule has 0 spiro atoms. The van der Waals surface area contributed by atoms with Crippen molar-refractivity contribution in [2.24, 2.45) is 5.34 Å². The Bertz CT molecular complexity index is 201. The van der Waals surface area contributed by atoms with Gasteiger partial charge in [-0.3, -0.25) is 0 Å². The predicted octanol–water partition coefficient (Wildman–Crippen LogP) is 1.55. The minimum atomic E-state index is 0.959. The zero-order valence-corrected chi connectivity index (χ0v) is 6.90. The van der Waals surface area contributed by atoms with Gasteiger partial charge in [0.15, 0.2) is 5.34 Å². The molecule has 0 aliphatic carbocycles. The molecule has 0 atom stereocenters. The lowest BCUT2D eigenvalue weighted by Gasteiger charge is -1.95. The molecule has 1 aromatic carbocycles. The van der Waals surface area contributed by atoms with Crippen LogP contribution in [-0.4, -0.2) is 12.3 Å². The Balaban J connectivity index is 0.000000354. The average molecular weight is 168 g/mol. The Morgan fingerprint density at radius 3 is 2.33 bits per heavy atom. The Labute approximate surface area is 71.2 Å². The average Bonchev–Trinajstić information content (AvgIpc) is 2.08. The molecule has 0 bridgehead atoms. The molecule has 0 aliphatic heterocycles. The molecule has 0 unspecified atom stereocenters. The third kappa shape index (κ3) is 5.37. The van der Waals surface area contributed by atoms with Crippen LogP contribution in [0.4, 0.5) is 0 Å². The van der Waals surface area contributed by atoms with Gasteiger partial charge in [-0.1, -0.05) is 30.3 Å². The first-order valence-corrected chi connectivity index (χ1v) is 3.50. The fraction of sp³-hybridized carbons (Fsp3) is 0.250. The fourth-order valence-electron chi connectivity index (χ4n) is 0.800. The van der Waals surface area contributed by atoms with Gasteiger partial charge in [-0.2, -0.15) is 0 Å². The van der Waals surface area contributed by atoms with Crippen LogP contribution in [0.5, 0.6) is 0 Å². The topological polar surface area (TPSA) is 61.7 Å². The van der Waals surface area contributed by atoms with Gasteiger partial charge in [-0.05, 0) is 12.6 Å². The summed E-state index contributed by atoms with van der Waals surface area (Å²) in [6.45, 7) is 0.959. The van der Waals surface area contributed by atoms with E-state index >= 15 is 0 Å². The van der Waals surface area contributed by atoms with Crippen LogP contribution < -0.4 is 5.32 Å². The molecule has 0 radical (unpaired) electrons. The van der Waals surface area contributed by atoms with Crippen LogP contribution in [0.25, 0.3) is 0 Å². The summed E-state index contributed by atoms with van der Waals surface area (Å²) in [6, 6.07) is 10.3. The van der Waals surface area contributed by atoms with Crippen LogP contribution in [0.1, 0.15) is 5.56 Å². The molecule has 0 aromatic heterocycles. The van der Waals surface area contributed by atoms with E-state index in [-0.39, 0.29) is 0 Å². The standard InChI is InChI=1S/C8H11N.HNO2/c1-9-7-8-5-3-2-4-6-8;2-1-3/h2-6,9H,7H2,1H3;(H,2,3). The fourth-order valence-corrected chi connectivity index (χ4v) is 0.800. The van der Waals surface area contributed by atoms with Crippen LogP contribution in [0, 0.1) is 4.91 Å². The van der Waals surface area contributed by atoms with Gasteiger partial charge in [-0.15, -0.1) is 4.91 Å². The second-order valence-corrected chi connectivity index (χ2v) is 2.10. The molecule has 0 saturated heterocycles. The maximum atomic E-state index is 8.11. The van der Waals surface area contributed by atoms with E-state index in [4.69, 9.17) is 10.1 Å². The Morgan fingerprint density at radius 2 is 1.92 bits per heavy atom. The lowest BCUT2D eigenvalue weighted by Crippen LogP contribution is -2.04. The van der Waals surface area contributed by atoms with Crippen molar-refractivity contribution in [3.05, 3.63) is 40.8 Å². The molecular formula is C8H12N2O2. The third-order valence-corrected chi connectivity index (χ3v) is 1.22. The molecule has 1 rings (SSSR count). The highest BCUT2D eigenvalue weighted by atomic mass is 16.6. The molecule has 0 fully saturated rings. The maximum absolute atomic E-state index is 8.11. The quantitative estimate of drug-likeness (QED) is 0.520. The van der Waals surface area contributed by atoms with Gasteiger partial charge in [0, 0.05) is 6.54 Å². The van der Waals surface area contributed by atoms with E-state index in [2.05, 4.69) is 17.4 Å². The molecular weight excluding hydrogens is 156 g/mol. The normalized spacial score (nSPS) is 8.08. The Hall–Kier alpha value is -1.42. The Kier molecular flexibility index (Phi) is 6.78. The van der Waals surface area contributed by atoms with Crippen molar-refractivity contribution in [2.45, 2.75) is 6.54 Å². The molecule has 0 aliphatic rings. The molecule has 4 nitrogen and oxygen atoms in total. The van der Waals surface area contributed by atoms with Crippen LogP contribution in [0.3, 0.4) is 0 Å². The number of benzene rings is 1. The lowest BCUT2D eigenvalue weighted by atomic mass is 10.2. The highest BCUT2D eigenvalue weighted by Crippen LogP contribution is 1.95. The monoisotopic (exact) mass is 168 g/mol. The van der Waals surface area contributed by atoms with Crippen LogP contribution in [0.2, 0.25) is 0 Å². The molecule has 0 amide bonds. The van der Waals surface area contributed by atoms with Crippen LogP contribution in [0.15, 0.2) is 35.7 Å². The molecule has 0 heterocycles. The summed E-state index contributed by atoms with van der Waals surface area (Å²) in [5.41, 5.74) is 1.33. The Morgan fingerprint density at radius 1 is 1.42 bits per heavy atom. The van der Waals surface area contributed by atoms with Gasteiger partial charge < -0.3 is 10.5 Å². The first-order valence-electron chi connectivity index (χ1n) is 3.50. The minimum Gasteiger partial charge on any atom is -0.379 e. The first kappa shape index (κ1) is 10.6. The van der Waals surface area contributed by atoms with Gasteiger partial charge in [0.05, 0.1) is 0 Å². The van der Waals surface area contributed by atoms with E-state index in [0.717, 1.165) is 6.54 Å². The predicted molar refractivity (Wildman–Crippen MR) is 46.8 cm³/mol. The highest BCUT2D eigenvalue weighted by Gasteiger charge is 1.83. The summed E-state index contributed by atoms with van der Waals surface area (Å²) in [5, 5.41) is 11.0. The van der Waals surface area contributed by atoms with Crippen molar-refractivity contribution >= 4 is 0 Å². The van der Waals surface area contributed by atoms with E-state index in [1.807, 2.05) is 25.2 Å². The largest absolute Gasteiger partial charge is 0.379 e. The zero-order chi connectivity index (χ0) is 9.23. The highest BCUT2D eigenvalue weighted by molar-refractivity contribution is 5.13. The van der Waals surface area contributed by atoms with E-state index in [1.54, 1.807) is 0 Å². The van der Waals surface area contributed by atoms with Crippen molar-refractivity contribution in [3.8, 4) is 0 Å². The summed E-state index contributed by atoms with van der Waals surface area (Å²) < 4.78 is 0. The molecule has 66 valence electrons. The zero-order valence-electron chi connectivity index (χ0n) is 6.90. The van der Waals surface area contributed by atoms with Crippen LogP contribution >= 0.6 is 0 Å². The number of rotatable bonds is 2. The number of nitrogens with zero attached hydrogens (tertiary/aromatic N) is 1. The molecule has 2 N–H and O–H groups in total. The van der Waals surface area contributed by atoms with E-state index in [9.17, 15) is 0 Å². The third-order valence-electron chi connectivity index (χ3n) is 1.22. The number of hydrogen-bond acceptors (Lipinski definition) is 3.